The molecule has 0 unspecified atom stereocenters. The maximum Gasteiger partial charge on any atom is 0.0294 e. The molecule has 0 saturated heterocycles. The summed E-state index contributed by atoms with van der Waals surface area (Å²) in [6.07, 6.45) is 0. The molecule has 1 nitrogen and oxygen atoms in total. The van der Waals surface area contributed by atoms with Gasteiger partial charge in [-0.05, 0) is 51.6 Å². The fourth-order valence-corrected chi connectivity index (χ4v) is 1.30. The van der Waals surface area contributed by atoms with Crippen molar-refractivity contribution < 1.29 is 0 Å². The summed E-state index contributed by atoms with van der Waals surface area (Å²) in [6, 6.07) is 9.97. The van der Waals surface area contributed by atoms with E-state index in [0.29, 0.717) is 0 Å². The van der Waals surface area contributed by atoms with Gasteiger partial charge < -0.3 is 0 Å². The molecule has 0 atom stereocenters. The van der Waals surface area contributed by atoms with Crippen LogP contribution >= 0.6 is 27.9 Å². The highest BCUT2D eigenvalue weighted by Gasteiger charge is 2.07. The van der Waals surface area contributed by atoms with Gasteiger partial charge in [0.1, 0.15) is 0 Å². The van der Waals surface area contributed by atoms with E-state index in [4.69, 9.17) is 0 Å². The van der Waals surface area contributed by atoms with Crippen LogP contribution in [-0.2, 0) is 0 Å². The van der Waals surface area contributed by atoms with Gasteiger partial charge in [0.05, 0.1) is 0 Å². The van der Waals surface area contributed by atoms with Crippen molar-refractivity contribution in [1.29, 1.82) is 0 Å². The van der Waals surface area contributed by atoms with Gasteiger partial charge in [-0.1, -0.05) is 34.1 Å². The second-order valence-corrected chi connectivity index (χ2v) is 6.21. The zero-order valence-corrected chi connectivity index (χ0v) is 11.2. The molecule has 0 aliphatic heterocycles. The van der Waals surface area contributed by atoms with Gasteiger partial charge in [0.2, 0.25) is 0 Å². The summed E-state index contributed by atoms with van der Waals surface area (Å²) in [5.41, 5.74) is 0. The van der Waals surface area contributed by atoms with E-state index in [9.17, 15) is 0 Å². The summed E-state index contributed by atoms with van der Waals surface area (Å²) in [5, 5.41) is 0. The molecule has 3 heteroatoms. The molecule has 78 valence electrons. The average molecular weight is 274 g/mol. The molecule has 0 aromatic heterocycles. The third-order valence-corrected chi connectivity index (χ3v) is 2.28. The second-order valence-electron chi connectivity index (χ2n) is 3.63. The number of nitrogens with zero attached hydrogens (tertiary/aromatic N) is 1. The largest absolute Gasteiger partial charge is 0.232 e. The minimum absolute atomic E-state index is 0.238. The number of hydrogen-bond donors (Lipinski definition) is 0. The van der Waals surface area contributed by atoms with Gasteiger partial charge >= 0.3 is 0 Å². The lowest BCUT2D eigenvalue weighted by atomic mass is 10.3. The van der Waals surface area contributed by atoms with E-state index in [-0.39, 0.29) is 4.75 Å². The Balaban J connectivity index is 0.000000241. The number of hydrogen-bond acceptors (Lipinski definition) is 2. The average Bonchev–Trinajstić information content (AvgIpc) is 2.04. The van der Waals surface area contributed by atoms with Crippen LogP contribution in [-0.4, -0.2) is 11.5 Å². The first-order valence-electron chi connectivity index (χ1n) is 4.30. The molecule has 0 radical (unpaired) electrons. The first-order chi connectivity index (χ1) is 6.45. The Labute approximate surface area is 99.3 Å². The van der Waals surface area contributed by atoms with Gasteiger partial charge in [-0.3, -0.25) is 0 Å². The topological polar surface area (TPSA) is 12.4 Å². The number of rotatable bonds is 1. The van der Waals surface area contributed by atoms with Crippen molar-refractivity contribution in [3.8, 4) is 0 Å². The quantitative estimate of drug-likeness (QED) is 0.539. The van der Waals surface area contributed by atoms with E-state index >= 15 is 0 Å². The maximum absolute atomic E-state index is 3.67. The Kier molecular flexibility index (Phi) is 6.93. The van der Waals surface area contributed by atoms with Crippen molar-refractivity contribution in [2.75, 3.05) is 0 Å². The molecule has 1 rings (SSSR count). The Morgan fingerprint density at radius 3 is 1.86 bits per heavy atom. The van der Waals surface area contributed by atoms with Crippen molar-refractivity contribution in [2.24, 2.45) is 4.40 Å². The van der Waals surface area contributed by atoms with Gasteiger partial charge in [-0.25, -0.2) is 4.40 Å². The normalized spacial score (nSPS) is 10.0. The zero-order chi connectivity index (χ0) is 11.0. The van der Waals surface area contributed by atoms with Crippen LogP contribution in [0, 0.1) is 0 Å². The van der Waals surface area contributed by atoms with Crippen LogP contribution in [0.3, 0.4) is 0 Å². The van der Waals surface area contributed by atoms with Crippen LogP contribution < -0.4 is 0 Å². The smallest absolute Gasteiger partial charge is 0.0294 e. The van der Waals surface area contributed by atoms with Crippen LogP contribution in [0.1, 0.15) is 20.8 Å². The summed E-state index contributed by atoms with van der Waals surface area (Å²) in [7, 11) is 0. The van der Waals surface area contributed by atoms with Crippen LogP contribution in [0.4, 0.5) is 0 Å². The predicted octanol–water partition coefficient (Wildman–Crippen LogP) is 4.58. The molecule has 1 aromatic rings. The molecule has 0 fully saturated rings. The third-order valence-electron chi connectivity index (χ3n) is 1.07. The Morgan fingerprint density at radius 1 is 1.21 bits per heavy atom. The Hall–Kier alpha value is -0.280. The molecule has 0 aliphatic carbocycles. The van der Waals surface area contributed by atoms with Gasteiger partial charge in [-0.2, -0.15) is 0 Å². The molecule has 1 aromatic carbocycles. The first-order valence-corrected chi connectivity index (χ1v) is 5.87. The van der Waals surface area contributed by atoms with Crippen LogP contribution in [0.25, 0.3) is 0 Å². The standard InChI is InChI=1S/C6H5Br.C5H11NS/c7-6-4-2-1-3-5-6;1-5(2,3)7-6-4/h1-5H;4H2,1-3H3. The fourth-order valence-electron chi connectivity index (χ4n) is 0.608. The van der Waals surface area contributed by atoms with E-state index in [1.165, 1.54) is 11.9 Å². The Bertz CT molecular complexity index is 254. The van der Waals surface area contributed by atoms with E-state index in [2.05, 4.69) is 47.8 Å². The van der Waals surface area contributed by atoms with Crippen molar-refractivity contribution in [2.45, 2.75) is 25.5 Å². The summed E-state index contributed by atoms with van der Waals surface area (Å²) in [4.78, 5) is 0. The minimum Gasteiger partial charge on any atom is -0.232 e. The zero-order valence-electron chi connectivity index (χ0n) is 8.83. The molecule has 0 saturated carbocycles. The summed E-state index contributed by atoms with van der Waals surface area (Å²) >= 11 is 4.81. The van der Waals surface area contributed by atoms with E-state index in [1.54, 1.807) is 0 Å². The first kappa shape index (κ1) is 13.7. The Morgan fingerprint density at radius 2 is 1.71 bits per heavy atom. The summed E-state index contributed by atoms with van der Waals surface area (Å²) < 4.78 is 5.05. The lowest BCUT2D eigenvalue weighted by Gasteiger charge is -2.11. The molecule has 14 heavy (non-hydrogen) atoms. The summed E-state index contributed by atoms with van der Waals surface area (Å²) in [6.45, 7) is 9.67. The monoisotopic (exact) mass is 273 g/mol. The number of benzene rings is 1. The SMILES string of the molecule is Brc1ccccc1.C=NSC(C)(C)C. The van der Waals surface area contributed by atoms with E-state index < -0.39 is 0 Å². The molecule has 0 amide bonds. The molecular weight excluding hydrogens is 258 g/mol. The third kappa shape index (κ3) is 9.81. The van der Waals surface area contributed by atoms with Crippen molar-refractivity contribution in [1.82, 2.24) is 0 Å². The molecule has 0 aliphatic rings. The van der Waals surface area contributed by atoms with Gasteiger partial charge in [0.15, 0.2) is 0 Å². The van der Waals surface area contributed by atoms with Gasteiger partial charge in [-0.15, -0.1) is 0 Å². The molecule has 0 heterocycles. The van der Waals surface area contributed by atoms with Crippen LogP contribution in [0.15, 0.2) is 39.2 Å². The highest BCUT2D eigenvalue weighted by atomic mass is 79.9. The number of halogens is 1. The van der Waals surface area contributed by atoms with E-state index in [1.807, 2.05) is 30.3 Å². The van der Waals surface area contributed by atoms with Crippen molar-refractivity contribution >= 4 is 34.6 Å². The lowest BCUT2D eigenvalue weighted by molar-refractivity contribution is 0.804. The molecular formula is C11H16BrNS. The molecule has 0 N–H and O–H groups in total. The van der Waals surface area contributed by atoms with E-state index in [0.717, 1.165) is 4.47 Å². The van der Waals surface area contributed by atoms with Crippen LogP contribution in [0.5, 0.6) is 0 Å². The molecule has 0 spiro atoms. The molecule has 0 bridgehead atoms. The predicted molar refractivity (Wildman–Crippen MR) is 71.0 cm³/mol. The van der Waals surface area contributed by atoms with Crippen LogP contribution in [0.2, 0.25) is 0 Å². The van der Waals surface area contributed by atoms with Gasteiger partial charge in [0.25, 0.3) is 0 Å². The van der Waals surface area contributed by atoms with Gasteiger partial charge in [0, 0.05) is 9.22 Å². The van der Waals surface area contributed by atoms with Crippen molar-refractivity contribution in [3.05, 3.63) is 34.8 Å². The fraction of sp³-hybridized carbons (Fsp3) is 0.364. The highest BCUT2D eigenvalue weighted by molar-refractivity contribution is 9.10. The lowest BCUT2D eigenvalue weighted by Crippen LogP contribution is -2.04. The second kappa shape index (κ2) is 7.07. The summed E-state index contributed by atoms with van der Waals surface area (Å²) in [5.74, 6) is 0. The highest BCUT2D eigenvalue weighted by Crippen LogP contribution is 2.22. The van der Waals surface area contributed by atoms with Crippen molar-refractivity contribution in [3.63, 3.8) is 0 Å². The maximum atomic E-state index is 3.67. The minimum atomic E-state index is 0.238.